The largest absolute Gasteiger partial charge is 0.394 e. The molecule has 1 aliphatic rings. The Kier molecular flexibility index (Phi) is 2.94. The number of nitrogens with zero attached hydrogens (tertiary/aromatic N) is 3. The number of nitrogens with two attached hydrogens (primary N) is 1. The highest BCUT2D eigenvalue weighted by atomic mass is 16.6. The number of aliphatic hydroxyl groups excluding tert-OH is 3. The molecule has 1 saturated heterocycles. The zero-order valence-electron chi connectivity index (χ0n) is 10.2. The summed E-state index contributed by atoms with van der Waals surface area (Å²) in [6.45, 7) is -0.454. The zero-order valence-corrected chi connectivity index (χ0v) is 10.2. The van der Waals surface area contributed by atoms with Gasteiger partial charge in [-0.15, -0.1) is 5.10 Å². The predicted molar refractivity (Wildman–Crippen MR) is 65.6 cm³/mol. The molecule has 2 aromatic rings. The highest BCUT2D eigenvalue weighted by molar-refractivity contribution is 5.75. The van der Waals surface area contributed by atoms with Gasteiger partial charge in [-0.3, -0.25) is 4.79 Å². The summed E-state index contributed by atoms with van der Waals surface area (Å²) in [6.07, 6.45) is -4.57. The number of H-pyrrole nitrogens is 1. The SMILES string of the molecule is Nc1cc2c(nnn2C2OC(CO)C(O)C2O)c(=O)[nH]1. The molecular formula is C10H13N5O5. The summed E-state index contributed by atoms with van der Waals surface area (Å²) in [7, 11) is 0. The number of pyridine rings is 1. The predicted octanol–water partition coefficient (Wildman–Crippen LogP) is -2.69. The van der Waals surface area contributed by atoms with Gasteiger partial charge in [0.15, 0.2) is 11.7 Å². The molecule has 0 bridgehead atoms. The van der Waals surface area contributed by atoms with E-state index in [9.17, 15) is 15.0 Å². The second-order valence-electron chi connectivity index (χ2n) is 4.55. The first kappa shape index (κ1) is 13.0. The molecule has 0 aromatic carbocycles. The molecule has 1 aliphatic heterocycles. The quantitative estimate of drug-likeness (QED) is 0.398. The monoisotopic (exact) mass is 283 g/mol. The van der Waals surface area contributed by atoms with E-state index in [0.29, 0.717) is 0 Å². The van der Waals surface area contributed by atoms with Gasteiger partial charge >= 0.3 is 0 Å². The van der Waals surface area contributed by atoms with Gasteiger partial charge in [0.1, 0.15) is 29.6 Å². The summed E-state index contributed by atoms with van der Waals surface area (Å²) in [4.78, 5) is 14.0. The zero-order chi connectivity index (χ0) is 14.4. The van der Waals surface area contributed by atoms with Crippen molar-refractivity contribution in [1.82, 2.24) is 20.0 Å². The van der Waals surface area contributed by atoms with E-state index in [2.05, 4.69) is 15.3 Å². The summed E-state index contributed by atoms with van der Waals surface area (Å²) in [5, 5.41) is 36.1. The third kappa shape index (κ3) is 1.78. The average molecular weight is 283 g/mol. The molecule has 108 valence electrons. The van der Waals surface area contributed by atoms with Crippen molar-refractivity contribution in [1.29, 1.82) is 0 Å². The van der Waals surface area contributed by atoms with Crippen molar-refractivity contribution < 1.29 is 20.1 Å². The fourth-order valence-electron chi connectivity index (χ4n) is 2.24. The number of aromatic nitrogens is 4. The van der Waals surface area contributed by atoms with Crippen LogP contribution in [0.15, 0.2) is 10.9 Å². The maximum Gasteiger partial charge on any atom is 0.279 e. The number of nitrogen functional groups attached to an aromatic ring is 1. The highest BCUT2D eigenvalue weighted by Crippen LogP contribution is 2.30. The lowest BCUT2D eigenvalue weighted by atomic mass is 10.1. The van der Waals surface area contributed by atoms with Crippen molar-refractivity contribution in [3.63, 3.8) is 0 Å². The van der Waals surface area contributed by atoms with Crippen LogP contribution in [0.25, 0.3) is 11.0 Å². The van der Waals surface area contributed by atoms with Gasteiger partial charge in [-0.25, -0.2) is 4.68 Å². The minimum absolute atomic E-state index is 0.0388. The number of anilines is 1. The molecule has 0 radical (unpaired) electrons. The second kappa shape index (κ2) is 4.52. The third-order valence-corrected chi connectivity index (χ3v) is 3.25. The summed E-state index contributed by atoms with van der Waals surface area (Å²) in [5.74, 6) is 0.109. The van der Waals surface area contributed by atoms with E-state index in [1.54, 1.807) is 0 Å². The fourth-order valence-corrected chi connectivity index (χ4v) is 2.24. The van der Waals surface area contributed by atoms with Crippen LogP contribution in [0.4, 0.5) is 5.82 Å². The molecule has 10 heteroatoms. The number of fused-ring (bicyclic) bond motifs is 1. The van der Waals surface area contributed by atoms with Crippen molar-refractivity contribution >= 4 is 16.9 Å². The summed E-state index contributed by atoms with van der Waals surface area (Å²) >= 11 is 0. The molecule has 0 saturated carbocycles. The first-order valence-corrected chi connectivity index (χ1v) is 5.89. The van der Waals surface area contributed by atoms with Crippen LogP contribution in [0.3, 0.4) is 0 Å². The van der Waals surface area contributed by atoms with Gasteiger partial charge in [0.25, 0.3) is 5.56 Å². The summed E-state index contributed by atoms with van der Waals surface area (Å²) < 4.78 is 6.48. The van der Waals surface area contributed by atoms with Crippen LogP contribution in [-0.2, 0) is 4.74 Å². The van der Waals surface area contributed by atoms with Crippen LogP contribution in [0, 0.1) is 0 Å². The lowest BCUT2D eigenvalue weighted by molar-refractivity contribution is -0.0572. The Bertz CT molecular complexity index is 697. The molecule has 3 rings (SSSR count). The van der Waals surface area contributed by atoms with Crippen molar-refractivity contribution in [2.45, 2.75) is 24.5 Å². The van der Waals surface area contributed by atoms with Gasteiger partial charge in [0.05, 0.1) is 6.61 Å². The van der Waals surface area contributed by atoms with E-state index < -0.39 is 36.7 Å². The molecule has 1 fully saturated rings. The molecule has 20 heavy (non-hydrogen) atoms. The fraction of sp³-hybridized carbons (Fsp3) is 0.500. The van der Waals surface area contributed by atoms with E-state index in [-0.39, 0.29) is 16.9 Å². The lowest BCUT2D eigenvalue weighted by Gasteiger charge is -2.15. The number of hydrogen-bond donors (Lipinski definition) is 5. The van der Waals surface area contributed by atoms with Gasteiger partial charge in [0, 0.05) is 6.07 Å². The molecule has 4 unspecified atom stereocenters. The number of rotatable bonds is 2. The van der Waals surface area contributed by atoms with Crippen LogP contribution < -0.4 is 11.3 Å². The van der Waals surface area contributed by atoms with Crippen LogP contribution in [0.5, 0.6) is 0 Å². The summed E-state index contributed by atoms with van der Waals surface area (Å²) in [6, 6.07) is 1.42. The minimum Gasteiger partial charge on any atom is -0.394 e. The summed E-state index contributed by atoms with van der Waals surface area (Å²) in [5.41, 5.74) is 5.34. The minimum atomic E-state index is -1.31. The van der Waals surface area contributed by atoms with Crippen LogP contribution in [0.2, 0.25) is 0 Å². The Labute approximate surface area is 111 Å². The molecule has 0 amide bonds. The molecule has 4 atom stereocenters. The van der Waals surface area contributed by atoms with Crippen LogP contribution >= 0.6 is 0 Å². The molecule has 3 heterocycles. The van der Waals surface area contributed by atoms with Crippen molar-refractivity contribution in [3.8, 4) is 0 Å². The lowest BCUT2D eigenvalue weighted by Crippen LogP contribution is -2.33. The van der Waals surface area contributed by atoms with Crippen molar-refractivity contribution in [3.05, 3.63) is 16.4 Å². The van der Waals surface area contributed by atoms with E-state index in [1.807, 2.05) is 0 Å². The van der Waals surface area contributed by atoms with Gasteiger partial charge in [-0.1, -0.05) is 5.21 Å². The molecule has 0 aliphatic carbocycles. The topological polar surface area (TPSA) is 160 Å². The third-order valence-electron chi connectivity index (χ3n) is 3.25. The Morgan fingerprint density at radius 3 is 2.85 bits per heavy atom. The van der Waals surface area contributed by atoms with Gasteiger partial charge < -0.3 is 30.8 Å². The molecule has 0 spiro atoms. The molecular weight excluding hydrogens is 270 g/mol. The van der Waals surface area contributed by atoms with Crippen LogP contribution in [0.1, 0.15) is 6.23 Å². The maximum absolute atomic E-state index is 11.7. The maximum atomic E-state index is 11.7. The molecule has 2 aromatic heterocycles. The Morgan fingerprint density at radius 2 is 2.20 bits per heavy atom. The highest BCUT2D eigenvalue weighted by Gasteiger charge is 2.44. The van der Waals surface area contributed by atoms with E-state index in [1.165, 1.54) is 6.07 Å². The van der Waals surface area contributed by atoms with E-state index >= 15 is 0 Å². The van der Waals surface area contributed by atoms with E-state index in [4.69, 9.17) is 15.6 Å². The standard InChI is InChI=1S/C10H13N5O5/c11-5-1-3-6(9(19)12-5)13-14-15(3)10-8(18)7(17)4(2-16)20-10/h1,4,7-8,10,16-18H,2H2,(H3,11,12,19). The van der Waals surface area contributed by atoms with Gasteiger partial charge in [-0.2, -0.15) is 0 Å². The number of ether oxygens (including phenoxy) is 1. The molecule has 10 nitrogen and oxygen atoms in total. The van der Waals surface area contributed by atoms with E-state index in [0.717, 1.165) is 4.68 Å². The molecule has 6 N–H and O–H groups in total. The number of aromatic amines is 1. The number of aliphatic hydroxyl groups is 3. The van der Waals surface area contributed by atoms with Crippen molar-refractivity contribution in [2.75, 3.05) is 12.3 Å². The first-order valence-electron chi connectivity index (χ1n) is 5.89. The van der Waals surface area contributed by atoms with Crippen molar-refractivity contribution in [2.24, 2.45) is 0 Å². The number of hydrogen-bond acceptors (Lipinski definition) is 8. The Balaban J connectivity index is 2.09. The average Bonchev–Trinajstić information content (AvgIpc) is 2.93. The Morgan fingerprint density at radius 1 is 1.45 bits per heavy atom. The van der Waals surface area contributed by atoms with Gasteiger partial charge in [-0.05, 0) is 0 Å². The van der Waals surface area contributed by atoms with Crippen LogP contribution in [-0.4, -0.2) is 60.2 Å². The second-order valence-corrected chi connectivity index (χ2v) is 4.55. The smallest absolute Gasteiger partial charge is 0.279 e. The van der Waals surface area contributed by atoms with Gasteiger partial charge in [0.2, 0.25) is 0 Å². The first-order chi connectivity index (χ1) is 9.52. The number of nitrogens with one attached hydrogen (secondary N) is 1. The normalized spacial score (nSPS) is 30.1. The Hall–Kier alpha value is -2.01.